The second-order valence-corrected chi connectivity index (χ2v) is 5.44. The van der Waals surface area contributed by atoms with Crippen LogP contribution in [0.2, 0.25) is 0 Å². The van der Waals surface area contributed by atoms with Crippen LogP contribution in [0.25, 0.3) is 0 Å². The quantitative estimate of drug-likeness (QED) is 0.643. The van der Waals surface area contributed by atoms with Crippen LogP contribution in [0.1, 0.15) is 49.1 Å². The monoisotopic (exact) mass is 298 g/mol. The van der Waals surface area contributed by atoms with Gasteiger partial charge >= 0.3 is 0 Å². The first-order valence-corrected chi connectivity index (χ1v) is 7.83. The van der Waals surface area contributed by atoms with Gasteiger partial charge in [0.2, 0.25) is 0 Å². The third kappa shape index (κ3) is 5.61. The number of nitriles is 1. The Morgan fingerprint density at radius 3 is 2.73 bits per heavy atom. The van der Waals surface area contributed by atoms with Crippen LogP contribution in [0.3, 0.4) is 0 Å². The number of hydrogen-bond acceptors (Lipinski definition) is 4. The molecule has 0 amide bonds. The zero-order valence-electron chi connectivity index (χ0n) is 13.0. The van der Waals surface area contributed by atoms with Crippen molar-refractivity contribution in [1.82, 2.24) is 5.16 Å². The van der Waals surface area contributed by atoms with Gasteiger partial charge in [-0.2, -0.15) is 5.26 Å². The Hall–Kier alpha value is -2.28. The van der Waals surface area contributed by atoms with Gasteiger partial charge in [-0.05, 0) is 38.0 Å². The molecule has 2 rings (SSSR count). The lowest BCUT2D eigenvalue weighted by molar-refractivity contribution is 0.304. The zero-order valence-corrected chi connectivity index (χ0v) is 13.0. The van der Waals surface area contributed by atoms with E-state index in [0.717, 1.165) is 42.9 Å². The van der Waals surface area contributed by atoms with Gasteiger partial charge in [-0.3, -0.25) is 0 Å². The molecule has 0 saturated carbocycles. The van der Waals surface area contributed by atoms with E-state index in [1.165, 1.54) is 12.8 Å². The first-order valence-electron chi connectivity index (χ1n) is 7.83. The Labute approximate surface area is 131 Å². The van der Waals surface area contributed by atoms with E-state index in [9.17, 15) is 0 Å². The fraction of sp³-hybridized carbons (Fsp3) is 0.444. The molecule has 0 radical (unpaired) electrons. The summed E-state index contributed by atoms with van der Waals surface area (Å²) in [5, 5.41) is 12.7. The van der Waals surface area contributed by atoms with E-state index in [4.69, 9.17) is 14.5 Å². The van der Waals surface area contributed by atoms with Crippen molar-refractivity contribution in [2.45, 2.75) is 45.4 Å². The number of unbranched alkanes of at least 4 members (excludes halogenated alkanes) is 4. The Morgan fingerprint density at radius 1 is 1.14 bits per heavy atom. The highest BCUT2D eigenvalue weighted by Gasteiger charge is 2.00. The highest BCUT2D eigenvalue weighted by atomic mass is 16.5. The molecule has 0 N–H and O–H groups in total. The van der Waals surface area contributed by atoms with Crippen molar-refractivity contribution in [3.05, 3.63) is 47.3 Å². The predicted molar refractivity (Wildman–Crippen MR) is 84.7 cm³/mol. The van der Waals surface area contributed by atoms with Crippen LogP contribution in [-0.4, -0.2) is 11.8 Å². The maximum atomic E-state index is 8.82. The minimum Gasteiger partial charge on any atom is -0.494 e. The third-order valence-corrected chi connectivity index (χ3v) is 3.48. The maximum absolute atomic E-state index is 8.82. The van der Waals surface area contributed by atoms with E-state index in [-0.39, 0.29) is 0 Å². The van der Waals surface area contributed by atoms with Gasteiger partial charge in [0.1, 0.15) is 11.5 Å². The standard InChI is InChI=1S/C18H22N2O2/c1-15-12-18(22-20-15)9-5-3-2-4-6-11-21-17-10-7-8-16(13-17)14-19/h7-8,10,12-13H,2-6,9,11H2,1H3. The van der Waals surface area contributed by atoms with Crippen molar-refractivity contribution in [2.24, 2.45) is 0 Å². The van der Waals surface area contributed by atoms with E-state index in [2.05, 4.69) is 11.2 Å². The van der Waals surface area contributed by atoms with Gasteiger partial charge in [0.05, 0.1) is 23.9 Å². The lowest BCUT2D eigenvalue weighted by Gasteiger charge is -2.06. The Kier molecular flexibility index (Phi) is 6.50. The van der Waals surface area contributed by atoms with Crippen molar-refractivity contribution in [2.75, 3.05) is 6.61 Å². The van der Waals surface area contributed by atoms with Crippen LogP contribution < -0.4 is 4.74 Å². The van der Waals surface area contributed by atoms with Crippen molar-refractivity contribution in [3.63, 3.8) is 0 Å². The van der Waals surface area contributed by atoms with Crippen LogP contribution in [-0.2, 0) is 6.42 Å². The topological polar surface area (TPSA) is 59.0 Å². The number of rotatable bonds is 9. The summed E-state index contributed by atoms with van der Waals surface area (Å²) < 4.78 is 10.8. The van der Waals surface area contributed by atoms with E-state index < -0.39 is 0 Å². The Morgan fingerprint density at radius 2 is 1.95 bits per heavy atom. The van der Waals surface area contributed by atoms with Gasteiger partial charge in [-0.1, -0.05) is 30.5 Å². The molecule has 0 bridgehead atoms. The van der Waals surface area contributed by atoms with Crippen LogP contribution >= 0.6 is 0 Å². The Bertz CT molecular complexity index is 614. The minimum absolute atomic E-state index is 0.639. The van der Waals surface area contributed by atoms with E-state index in [1.54, 1.807) is 12.1 Å². The normalized spacial score (nSPS) is 10.4. The van der Waals surface area contributed by atoms with Gasteiger partial charge in [-0.25, -0.2) is 0 Å². The molecule has 0 fully saturated rings. The van der Waals surface area contributed by atoms with Crippen molar-refractivity contribution < 1.29 is 9.26 Å². The number of aromatic nitrogens is 1. The summed E-state index contributed by atoms with van der Waals surface area (Å²) >= 11 is 0. The third-order valence-electron chi connectivity index (χ3n) is 3.48. The highest BCUT2D eigenvalue weighted by molar-refractivity contribution is 5.36. The van der Waals surface area contributed by atoms with Crippen LogP contribution in [0.4, 0.5) is 0 Å². The summed E-state index contributed by atoms with van der Waals surface area (Å²) in [4.78, 5) is 0. The Balaban J connectivity index is 1.50. The summed E-state index contributed by atoms with van der Waals surface area (Å²) in [5.41, 5.74) is 1.59. The molecule has 1 heterocycles. The molecule has 22 heavy (non-hydrogen) atoms. The molecule has 4 nitrogen and oxygen atoms in total. The van der Waals surface area contributed by atoms with Gasteiger partial charge in [0.25, 0.3) is 0 Å². The van der Waals surface area contributed by atoms with E-state index >= 15 is 0 Å². The molecule has 0 spiro atoms. The lowest BCUT2D eigenvalue weighted by atomic mass is 10.1. The number of hydrogen-bond donors (Lipinski definition) is 0. The van der Waals surface area contributed by atoms with Crippen molar-refractivity contribution >= 4 is 0 Å². The molecule has 0 unspecified atom stereocenters. The van der Waals surface area contributed by atoms with Crippen molar-refractivity contribution in [1.29, 1.82) is 5.26 Å². The van der Waals surface area contributed by atoms with Gasteiger partial charge in [-0.15, -0.1) is 0 Å². The minimum atomic E-state index is 0.639. The first-order chi connectivity index (χ1) is 10.8. The largest absolute Gasteiger partial charge is 0.494 e. The molecule has 0 atom stereocenters. The average molecular weight is 298 g/mol. The van der Waals surface area contributed by atoms with E-state index in [0.29, 0.717) is 12.2 Å². The molecular weight excluding hydrogens is 276 g/mol. The van der Waals surface area contributed by atoms with Gasteiger partial charge in [0, 0.05) is 12.5 Å². The molecule has 0 aliphatic carbocycles. The molecule has 0 aliphatic rings. The highest BCUT2D eigenvalue weighted by Crippen LogP contribution is 2.14. The maximum Gasteiger partial charge on any atom is 0.136 e. The number of aryl methyl sites for hydroxylation is 2. The summed E-state index contributed by atoms with van der Waals surface area (Å²) in [7, 11) is 0. The van der Waals surface area contributed by atoms with E-state index in [1.807, 2.05) is 25.1 Å². The van der Waals surface area contributed by atoms with Crippen LogP contribution in [0.15, 0.2) is 34.9 Å². The van der Waals surface area contributed by atoms with Crippen LogP contribution in [0.5, 0.6) is 5.75 Å². The van der Waals surface area contributed by atoms with Gasteiger partial charge in [0.15, 0.2) is 0 Å². The molecule has 0 saturated heterocycles. The van der Waals surface area contributed by atoms with Gasteiger partial charge < -0.3 is 9.26 Å². The van der Waals surface area contributed by atoms with Crippen LogP contribution in [0, 0.1) is 18.3 Å². The molecule has 1 aromatic heterocycles. The fourth-order valence-corrected chi connectivity index (χ4v) is 2.31. The molecule has 116 valence electrons. The number of ether oxygens (including phenoxy) is 1. The fourth-order valence-electron chi connectivity index (χ4n) is 2.31. The SMILES string of the molecule is Cc1cc(CCCCCCCOc2cccc(C#N)c2)on1. The average Bonchev–Trinajstić information content (AvgIpc) is 2.95. The molecule has 1 aromatic carbocycles. The summed E-state index contributed by atoms with van der Waals surface area (Å²) in [6.45, 7) is 2.65. The second kappa shape index (κ2) is 8.89. The number of benzene rings is 1. The molecule has 2 aromatic rings. The lowest BCUT2D eigenvalue weighted by Crippen LogP contribution is -1.97. The molecule has 4 heteroatoms. The summed E-state index contributed by atoms with van der Waals surface area (Å²) in [5.74, 6) is 1.76. The summed E-state index contributed by atoms with van der Waals surface area (Å²) in [6, 6.07) is 11.4. The first kappa shape index (κ1) is 16.1. The van der Waals surface area contributed by atoms with Crippen molar-refractivity contribution in [3.8, 4) is 11.8 Å². The predicted octanol–water partition coefficient (Wildman–Crippen LogP) is 4.43. The smallest absolute Gasteiger partial charge is 0.136 e. The zero-order chi connectivity index (χ0) is 15.6. The second-order valence-electron chi connectivity index (χ2n) is 5.44. The number of nitrogens with zero attached hydrogens (tertiary/aromatic N) is 2. The summed E-state index contributed by atoms with van der Waals surface area (Å²) in [6.07, 6.45) is 6.71. The molecular formula is C18H22N2O2. The molecule has 0 aliphatic heterocycles.